The first kappa shape index (κ1) is 19.6. The highest BCUT2D eigenvalue weighted by Gasteiger charge is 2.34. The number of carbonyl (C=O) groups excluding carboxylic acids is 1. The Bertz CT molecular complexity index is 654. The maximum atomic E-state index is 12.8. The minimum absolute atomic E-state index is 0.228. The van der Waals surface area contributed by atoms with Gasteiger partial charge in [0.25, 0.3) is 0 Å². The molecular weight excluding hydrogens is 352 g/mol. The number of hydrogen-bond acceptors (Lipinski definition) is 5. The quantitative estimate of drug-likeness (QED) is 0.778. The first-order valence-electron chi connectivity index (χ1n) is 11.0. The third kappa shape index (κ3) is 4.66. The minimum atomic E-state index is 0.228. The average Bonchev–Trinajstić information content (AvgIpc) is 3.29. The Balaban J connectivity index is 1.26. The maximum Gasteiger partial charge on any atom is 0.226 e. The van der Waals surface area contributed by atoms with Crippen molar-refractivity contribution in [1.29, 1.82) is 0 Å². The van der Waals surface area contributed by atoms with Crippen LogP contribution in [0.5, 0.6) is 5.75 Å². The third-order valence-corrected chi connectivity index (χ3v) is 6.70. The first-order chi connectivity index (χ1) is 13.7. The van der Waals surface area contributed by atoms with Gasteiger partial charge in [-0.1, -0.05) is 0 Å². The van der Waals surface area contributed by atoms with E-state index in [0.29, 0.717) is 11.9 Å². The van der Waals surface area contributed by atoms with E-state index in [1.165, 1.54) is 25.7 Å². The van der Waals surface area contributed by atoms with Gasteiger partial charge in [0, 0.05) is 57.6 Å². The molecular formula is C22H34N4O2. The van der Waals surface area contributed by atoms with E-state index in [0.717, 1.165) is 70.1 Å². The molecule has 0 aromatic carbocycles. The molecule has 4 rings (SSSR count). The summed E-state index contributed by atoms with van der Waals surface area (Å²) >= 11 is 0. The highest BCUT2D eigenvalue weighted by molar-refractivity contribution is 5.79. The van der Waals surface area contributed by atoms with Gasteiger partial charge in [-0.25, -0.2) is 0 Å². The number of aromatic nitrogens is 1. The summed E-state index contributed by atoms with van der Waals surface area (Å²) in [7, 11) is 1.70. The molecule has 28 heavy (non-hydrogen) atoms. The lowest BCUT2D eigenvalue weighted by atomic mass is 9.93. The molecule has 0 spiro atoms. The molecule has 1 aromatic heterocycles. The van der Waals surface area contributed by atoms with Gasteiger partial charge < -0.3 is 9.64 Å². The second-order valence-electron chi connectivity index (χ2n) is 8.56. The van der Waals surface area contributed by atoms with Crippen LogP contribution >= 0.6 is 0 Å². The topological polar surface area (TPSA) is 48.9 Å². The van der Waals surface area contributed by atoms with Crippen LogP contribution in [0.3, 0.4) is 0 Å². The largest absolute Gasteiger partial charge is 0.497 e. The Morgan fingerprint density at radius 2 is 1.89 bits per heavy atom. The van der Waals surface area contributed by atoms with Crippen molar-refractivity contribution in [2.75, 3.05) is 46.4 Å². The highest BCUT2D eigenvalue weighted by atomic mass is 16.5. The van der Waals surface area contributed by atoms with Crippen LogP contribution in [0, 0.1) is 5.92 Å². The number of nitrogens with zero attached hydrogens (tertiary/aromatic N) is 4. The van der Waals surface area contributed by atoms with Gasteiger partial charge in [0.05, 0.1) is 18.7 Å². The van der Waals surface area contributed by atoms with Crippen molar-refractivity contribution in [2.45, 2.75) is 51.1 Å². The van der Waals surface area contributed by atoms with Crippen molar-refractivity contribution in [3.63, 3.8) is 0 Å². The van der Waals surface area contributed by atoms with E-state index in [1.54, 1.807) is 7.11 Å². The van der Waals surface area contributed by atoms with Gasteiger partial charge in [0.2, 0.25) is 5.91 Å². The van der Waals surface area contributed by atoms with Gasteiger partial charge in [0.1, 0.15) is 5.75 Å². The zero-order valence-corrected chi connectivity index (χ0v) is 17.2. The van der Waals surface area contributed by atoms with E-state index in [4.69, 9.17) is 4.74 Å². The molecule has 6 nitrogen and oxygen atoms in total. The lowest BCUT2D eigenvalue weighted by molar-refractivity contribution is -0.136. The molecule has 4 heterocycles. The summed E-state index contributed by atoms with van der Waals surface area (Å²) in [6.45, 7) is 7.18. The Hall–Kier alpha value is -1.66. The van der Waals surface area contributed by atoms with E-state index in [2.05, 4.69) is 19.7 Å². The first-order valence-corrected chi connectivity index (χ1v) is 11.0. The number of ether oxygens (including phenoxy) is 1. The Labute approximate surface area is 168 Å². The molecule has 1 amide bonds. The number of pyridine rings is 1. The second kappa shape index (κ2) is 9.23. The van der Waals surface area contributed by atoms with Gasteiger partial charge >= 0.3 is 0 Å². The Morgan fingerprint density at radius 1 is 1.11 bits per heavy atom. The summed E-state index contributed by atoms with van der Waals surface area (Å²) in [5.74, 6) is 1.52. The van der Waals surface area contributed by atoms with E-state index in [-0.39, 0.29) is 5.92 Å². The van der Waals surface area contributed by atoms with Gasteiger partial charge in [0.15, 0.2) is 0 Å². The molecule has 0 aliphatic carbocycles. The maximum absolute atomic E-state index is 12.8. The molecule has 0 radical (unpaired) electrons. The molecule has 6 heteroatoms. The van der Waals surface area contributed by atoms with E-state index in [1.807, 2.05) is 18.3 Å². The molecule has 0 bridgehead atoms. The zero-order chi connectivity index (χ0) is 19.3. The number of carbonyl (C=O) groups is 1. The van der Waals surface area contributed by atoms with Crippen LogP contribution in [-0.2, 0) is 11.3 Å². The van der Waals surface area contributed by atoms with Crippen LogP contribution < -0.4 is 4.74 Å². The highest BCUT2D eigenvalue weighted by Crippen LogP contribution is 2.26. The number of hydrogen-bond donors (Lipinski definition) is 0. The SMILES string of the molecule is COc1ccnc(CN2CCC(N3CCC[C@H](C(=O)N4CCCC4)C3)CC2)c1. The fourth-order valence-corrected chi connectivity index (χ4v) is 5.08. The molecule has 3 saturated heterocycles. The van der Waals surface area contributed by atoms with Crippen LogP contribution in [0.25, 0.3) is 0 Å². The summed E-state index contributed by atoms with van der Waals surface area (Å²) in [4.78, 5) is 24.5. The predicted molar refractivity (Wildman–Crippen MR) is 109 cm³/mol. The molecule has 0 N–H and O–H groups in total. The second-order valence-corrected chi connectivity index (χ2v) is 8.56. The number of amides is 1. The fraction of sp³-hybridized carbons (Fsp3) is 0.727. The van der Waals surface area contributed by atoms with E-state index >= 15 is 0 Å². The van der Waals surface area contributed by atoms with Crippen molar-refractivity contribution >= 4 is 5.91 Å². The standard InChI is InChI=1S/C22H34N4O2/c1-28-21-6-9-23-19(15-21)17-24-13-7-20(8-14-24)26-12-4-5-18(16-26)22(27)25-10-2-3-11-25/h6,9,15,18,20H,2-5,7-8,10-14,16-17H2,1H3/t18-/m0/s1. The molecule has 0 unspecified atom stereocenters. The molecule has 1 aromatic rings. The van der Waals surface area contributed by atoms with Crippen LogP contribution in [0.2, 0.25) is 0 Å². The molecule has 3 aliphatic rings. The van der Waals surface area contributed by atoms with Crippen molar-refractivity contribution in [3.05, 3.63) is 24.0 Å². The van der Waals surface area contributed by atoms with E-state index < -0.39 is 0 Å². The van der Waals surface area contributed by atoms with Crippen molar-refractivity contribution < 1.29 is 9.53 Å². The molecule has 1 atom stereocenters. The van der Waals surface area contributed by atoms with Crippen molar-refractivity contribution in [2.24, 2.45) is 5.92 Å². The minimum Gasteiger partial charge on any atom is -0.497 e. The third-order valence-electron chi connectivity index (χ3n) is 6.70. The number of piperidine rings is 2. The lowest BCUT2D eigenvalue weighted by Crippen LogP contribution is -2.51. The lowest BCUT2D eigenvalue weighted by Gasteiger charge is -2.42. The molecule has 0 saturated carbocycles. The molecule has 3 fully saturated rings. The van der Waals surface area contributed by atoms with Gasteiger partial charge in [-0.2, -0.15) is 0 Å². The summed E-state index contributed by atoms with van der Waals surface area (Å²) in [6.07, 6.45) is 8.81. The van der Waals surface area contributed by atoms with Crippen LogP contribution in [0.1, 0.15) is 44.2 Å². The normalized spacial score (nSPS) is 25.2. The summed E-state index contributed by atoms with van der Waals surface area (Å²) in [5, 5.41) is 0. The van der Waals surface area contributed by atoms with Gasteiger partial charge in [-0.15, -0.1) is 0 Å². The van der Waals surface area contributed by atoms with Crippen molar-refractivity contribution in [1.82, 2.24) is 19.7 Å². The molecule has 154 valence electrons. The zero-order valence-electron chi connectivity index (χ0n) is 17.2. The van der Waals surface area contributed by atoms with Crippen molar-refractivity contribution in [3.8, 4) is 5.75 Å². The Morgan fingerprint density at radius 3 is 2.64 bits per heavy atom. The number of likely N-dealkylation sites (tertiary alicyclic amines) is 3. The average molecular weight is 387 g/mol. The summed E-state index contributed by atoms with van der Waals surface area (Å²) < 4.78 is 5.31. The van der Waals surface area contributed by atoms with Gasteiger partial charge in [-0.05, 0) is 51.1 Å². The van der Waals surface area contributed by atoms with Crippen LogP contribution in [0.15, 0.2) is 18.3 Å². The monoisotopic (exact) mass is 386 g/mol. The molecule has 3 aliphatic heterocycles. The van der Waals surface area contributed by atoms with Gasteiger partial charge in [-0.3, -0.25) is 19.6 Å². The van der Waals surface area contributed by atoms with Crippen LogP contribution in [0.4, 0.5) is 0 Å². The summed E-state index contributed by atoms with van der Waals surface area (Å²) in [5.41, 5.74) is 1.08. The predicted octanol–water partition coefficient (Wildman–Crippen LogP) is 2.39. The van der Waals surface area contributed by atoms with E-state index in [9.17, 15) is 4.79 Å². The smallest absolute Gasteiger partial charge is 0.226 e. The van der Waals surface area contributed by atoms with Crippen LogP contribution in [-0.4, -0.2) is 78.0 Å². The fourth-order valence-electron chi connectivity index (χ4n) is 5.08. The Kier molecular flexibility index (Phi) is 6.47. The number of rotatable bonds is 5. The number of methoxy groups -OCH3 is 1. The summed E-state index contributed by atoms with van der Waals surface area (Å²) in [6, 6.07) is 4.56.